The van der Waals surface area contributed by atoms with E-state index in [0.29, 0.717) is 44.7 Å². The molecule has 37 heavy (non-hydrogen) atoms. The highest BCUT2D eigenvalue weighted by Gasteiger charge is 2.54. The number of rotatable bonds is 7. The third-order valence-corrected chi connectivity index (χ3v) is 7.28. The van der Waals surface area contributed by atoms with Gasteiger partial charge in [-0.05, 0) is 31.5 Å². The number of pyridine rings is 1. The molecule has 0 saturated carbocycles. The van der Waals surface area contributed by atoms with E-state index in [-0.39, 0.29) is 37.6 Å². The Hall–Kier alpha value is -2.95. The van der Waals surface area contributed by atoms with E-state index in [1.807, 2.05) is 6.07 Å². The zero-order valence-electron chi connectivity index (χ0n) is 20.7. The lowest BCUT2D eigenvalue weighted by Crippen LogP contribution is -2.65. The normalized spacial score (nSPS) is 26.0. The van der Waals surface area contributed by atoms with Crippen molar-refractivity contribution in [3.8, 4) is 6.07 Å². The average molecular weight is 524 g/mol. The van der Waals surface area contributed by atoms with Crippen LogP contribution in [0.5, 0.6) is 0 Å². The van der Waals surface area contributed by atoms with Gasteiger partial charge in [-0.1, -0.05) is 6.92 Å². The number of halogens is 3. The van der Waals surface area contributed by atoms with Crippen molar-refractivity contribution < 1.29 is 27.5 Å². The summed E-state index contributed by atoms with van der Waals surface area (Å²) in [5.41, 5.74) is 5.17. The number of amides is 2. The number of nitriles is 1. The third kappa shape index (κ3) is 6.31. The summed E-state index contributed by atoms with van der Waals surface area (Å²) in [6.45, 7) is 4.97. The minimum Gasteiger partial charge on any atom is -0.379 e. The number of aromatic nitrogens is 1. The molecule has 0 radical (unpaired) electrons. The minimum absolute atomic E-state index is 0.00523. The molecule has 0 spiro atoms. The molecule has 202 valence electrons. The maximum absolute atomic E-state index is 13.6. The smallest absolute Gasteiger partial charge is 0.379 e. The van der Waals surface area contributed by atoms with Gasteiger partial charge in [0.15, 0.2) is 5.92 Å². The second-order valence-electron chi connectivity index (χ2n) is 9.76. The summed E-state index contributed by atoms with van der Waals surface area (Å²) in [6, 6.07) is 4.32. The number of carbonyl (C=O) groups is 2. The molecule has 1 aromatic rings. The Bertz CT molecular complexity index is 993. The van der Waals surface area contributed by atoms with Crippen molar-refractivity contribution in [3.63, 3.8) is 0 Å². The van der Waals surface area contributed by atoms with E-state index in [1.54, 1.807) is 28.9 Å². The van der Waals surface area contributed by atoms with E-state index in [9.17, 15) is 22.8 Å². The molecule has 1 aromatic heterocycles. The van der Waals surface area contributed by atoms with Gasteiger partial charge in [0.2, 0.25) is 11.8 Å². The first kappa shape index (κ1) is 27.1. The number of hydrazine groups is 1. The molecule has 0 aromatic carbocycles. The molecule has 4 atom stereocenters. The maximum atomic E-state index is 13.6. The van der Waals surface area contributed by atoms with Gasteiger partial charge in [0.05, 0.1) is 24.7 Å². The average Bonchev–Trinajstić information content (AvgIpc) is 3.36. The van der Waals surface area contributed by atoms with E-state index in [2.05, 4.69) is 20.7 Å². The number of hydrogen-bond acceptors (Lipinski definition) is 8. The van der Waals surface area contributed by atoms with E-state index < -0.39 is 24.0 Å². The maximum Gasteiger partial charge on any atom is 0.402 e. The van der Waals surface area contributed by atoms with Gasteiger partial charge in [-0.15, -0.1) is 0 Å². The van der Waals surface area contributed by atoms with Crippen LogP contribution in [0.1, 0.15) is 25.3 Å². The van der Waals surface area contributed by atoms with Crippen molar-refractivity contribution in [2.24, 2.45) is 11.8 Å². The number of alkyl halides is 3. The van der Waals surface area contributed by atoms with Crippen LogP contribution in [-0.4, -0.2) is 97.3 Å². The predicted molar refractivity (Wildman–Crippen MR) is 127 cm³/mol. The van der Waals surface area contributed by atoms with Gasteiger partial charge in [-0.2, -0.15) is 18.4 Å². The molecule has 2 N–H and O–H groups in total. The predicted octanol–water partition coefficient (Wildman–Crippen LogP) is 0.900. The van der Waals surface area contributed by atoms with Crippen LogP contribution in [0.2, 0.25) is 0 Å². The molecule has 2 amide bonds. The van der Waals surface area contributed by atoms with Crippen LogP contribution in [0.3, 0.4) is 0 Å². The number of piperazine rings is 1. The van der Waals surface area contributed by atoms with Crippen LogP contribution in [-0.2, 0) is 14.3 Å². The van der Waals surface area contributed by atoms with Crippen molar-refractivity contribution >= 4 is 17.6 Å². The molecule has 0 aliphatic carbocycles. The largest absolute Gasteiger partial charge is 0.402 e. The molecule has 0 bridgehead atoms. The second kappa shape index (κ2) is 11.6. The fourth-order valence-corrected chi connectivity index (χ4v) is 5.32. The molecule has 10 nitrogen and oxygen atoms in total. The highest BCUT2D eigenvalue weighted by molar-refractivity contribution is 5.80. The van der Waals surface area contributed by atoms with Gasteiger partial charge in [-0.25, -0.2) is 10.4 Å². The van der Waals surface area contributed by atoms with Crippen LogP contribution in [0.15, 0.2) is 18.3 Å². The molecule has 3 aliphatic rings. The van der Waals surface area contributed by atoms with Crippen LogP contribution in [0, 0.1) is 23.2 Å². The molecule has 4 rings (SSSR count). The van der Waals surface area contributed by atoms with Gasteiger partial charge >= 0.3 is 6.18 Å². The Kier molecular flexibility index (Phi) is 8.51. The number of likely N-dealkylation sites (tertiary alicyclic amines) is 1. The quantitative estimate of drug-likeness (QED) is 0.542. The topological polar surface area (TPSA) is 114 Å². The SMILES string of the molecule is C[C@@H](COC[C@H]1CCCN1C1CNNC(=O)C1C(F)(F)F)C(=O)N1CCN(c2ccc(C#N)cn2)CC1. The van der Waals surface area contributed by atoms with E-state index >= 15 is 0 Å². The molecular formula is C24H32F3N7O3. The Morgan fingerprint density at radius 1 is 1.27 bits per heavy atom. The lowest BCUT2D eigenvalue weighted by atomic mass is 9.94. The Morgan fingerprint density at radius 2 is 2.03 bits per heavy atom. The van der Waals surface area contributed by atoms with Gasteiger partial charge in [-0.3, -0.25) is 19.9 Å². The first-order valence-corrected chi connectivity index (χ1v) is 12.5. The summed E-state index contributed by atoms with van der Waals surface area (Å²) in [4.78, 5) is 34.8. The number of nitrogens with one attached hydrogen (secondary N) is 2. The molecular weight excluding hydrogens is 491 g/mol. The summed E-state index contributed by atoms with van der Waals surface area (Å²) < 4.78 is 46.6. The second-order valence-corrected chi connectivity index (χ2v) is 9.76. The number of ether oxygens (including phenoxy) is 1. The summed E-state index contributed by atoms with van der Waals surface area (Å²) in [5, 5.41) is 8.91. The zero-order chi connectivity index (χ0) is 26.6. The van der Waals surface area contributed by atoms with Crippen LogP contribution in [0.4, 0.5) is 19.0 Å². The Morgan fingerprint density at radius 3 is 2.68 bits per heavy atom. The number of anilines is 1. The summed E-state index contributed by atoms with van der Waals surface area (Å²) in [7, 11) is 0. The number of carbonyl (C=O) groups excluding carboxylic acids is 2. The van der Waals surface area contributed by atoms with Crippen LogP contribution < -0.4 is 15.8 Å². The van der Waals surface area contributed by atoms with Crippen LogP contribution in [0.25, 0.3) is 0 Å². The first-order valence-electron chi connectivity index (χ1n) is 12.5. The Balaban J connectivity index is 1.24. The van der Waals surface area contributed by atoms with E-state index in [1.165, 1.54) is 6.20 Å². The van der Waals surface area contributed by atoms with Gasteiger partial charge in [0.1, 0.15) is 11.9 Å². The summed E-state index contributed by atoms with van der Waals surface area (Å²) in [6.07, 6.45) is -1.70. The van der Waals surface area contributed by atoms with Gasteiger partial charge in [0.25, 0.3) is 0 Å². The summed E-state index contributed by atoms with van der Waals surface area (Å²) >= 11 is 0. The van der Waals surface area contributed by atoms with Crippen molar-refractivity contribution in [2.75, 3.05) is 57.4 Å². The van der Waals surface area contributed by atoms with Crippen molar-refractivity contribution in [1.29, 1.82) is 5.26 Å². The standard InChI is InChI=1S/C24H32F3N7O3/c1-16(23(36)33-9-7-32(8-10-33)20-5-4-17(11-28)12-29-20)14-37-15-18-3-2-6-34(18)19-13-30-31-22(35)21(19)24(25,26)27/h4-5,12,16,18-19,21,30H,2-3,6-10,13-15H2,1H3,(H,31,35)/t16-,18+,19?,21?/m0/s1. The molecule has 3 saturated heterocycles. The highest BCUT2D eigenvalue weighted by Crippen LogP contribution is 2.35. The minimum atomic E-state index is -4.63. The molecule has 4 heterocycles. The fraction of sp³-hybridized carbons (Fsp3) is 0.667. The van der Waals surface area contributed by atoms with Crippen molar-refractivity contribution in [2.45, 2.75) is 38.0 Å². The van der Waals surface area contributed by atoms with Gasteiger partial charge < -0.3 is 14.5 Å². The Labute approximate surface area is 213 Å². The van der Waals surface area contributed by atoms with Crippen molar-refractivity contribution in [3.05, 3.63) is 23.9 Å². The number of nitrogens with zero attached hydrogens (tertiary/aromatic N) is 5. The first-order chi connectivity index (χ1) is 17.7. The fourth-order valence-electron chi connectivity index (χ4n) is 5.32. The van der Waals surface area contributed by atoms with E-state index in [4.69, 9.17) is 10.00 Å². The van der Waals surface area contributed by atoms with Crippen LogP contribution >= 0.6 is 0 Å². The lowest BCUT2D eigenvalue weighted by molar-refractivity contribution is -0.201. The highest BCUT2D eigenvalue weighted by atomic mass is 19.4. The molecule has 2 unspecified atom stereocenters. The van der Waals surface area contributed by atoms with Gasteiger partial charge in [0, 0.05) is 51.0 Å². The lowest BCUT2D eigenvalue weighted by Gasteiger charge is -2.41. The number of hydrogen-bond donors (Lipinski definition) is 2. The third-order valence-electron chi connectivity index (χ3n) is 7.28. The zero-order valence-corrected chi connectivity index (χ0v) is 20.7. The monoisotopic (exact) mass is 523 g/mol. The molecule has 3 aliphatic heterocycles. The summed E-state index contributed by atoms with van der Waals surface area (Å²) in [5.74, 6) is -2.81. The molecule has 3 fully saturated rings. The molecule has 13 heteroatoms. The van der Waals surface area contributed by atoms with E-state index in [0.717, 1.165) is 12.2 Å². The van der Waals surface area contributed by atoms with Crippen molar-refractivity contribution in [1.82, 2.24) is 25.6 Å².